The number of aryl methyl sites for hydroxylation is 1. The molecule has 0 unspecified atom stereocenters. The van der Waals surface area contributed by atoms with Gasteiger partial charge in [-0.1, -0.05) is 17.7 Å². The van der Waals surface area contributed by atoms with E-state index in [0.29, 0.717) is 0 Å². The molecule has 3 heteroatoms. The molecule has 3 aromatic carbocycles. The molecule has 3 rings (SSSR count). The SMILES string of the molecule is Cc1ccc([S+](c2ccc(O)cc2)c2ccc(O)cc2)cc1. The highest BCUT2D eigenvalue weighted by atomic mass is 32.2. The minimum absolute atomic E-state index is 0.262. The van der Waals surface area contributed by atoms with Crippen LogP contribution in [0, 0.1) is 6.92 Å². The molecule has 0 atom stereocenters. The molecule has 22 heavy (non-hydrogen) atoms. The first-order valence-electron chi connectivity index (χ1n) is 7.02. The average molecular weight is 309 g/mol. The van der Waals surface area contributed by atoms with Crippen LogP contribution < -0.4 is 0 Å². The molecule has 0 aliphatic rings. The van der Waals surface area contributed by atoms with E-state index >= 15 is 0 Å². The van der Waals surface area contributed by atoms with Gasteiger partial charge in [-0.05, 0) is 67.6 Å². The number of hydrogen-bond donors (Lipinski definition) is 2. The maximum Gasteiger partial charge on any atom is 0.166 e. The summed E-state index contributed by atoms with van der Waals surface area (Å²) in [5, 5.41) is 19.0. The van der Waals surface area contributed by atoms with Gasteiger partial charge in [-0.3, -0.25) is 0 Å². The Morgan fingerprint density at radius 1 is 0.545 bits per heavy atom. The van der Waals surface area contributed by atoms with E-state index in [1.807, 2.05) is 24.3 Å². The second-order valence-corrected chi connectivity index (χ2v) is 7.13. The van der Waals surface area contributed by atoms with Crippen LogP contribution in [0.4, 0.5) is 0 Å². The topological polar surface area (TPSA) is 40.5 Å². The van der Waals surface area contributed by atoms with E-state index in [9.17, 15) is 10.2 Å². The van der Waals surface area contributed by atoms with E-state index in [1.165, 1.54) is 10.5 Å². The van der Waals surface area contributed by atoms with Crippen molar-refractivity contribution in [1.29, 1.82) is 0 Å². The van der Waals surface area contributed by atoms with Crippen molar-refractivity contribution in [1.82, 2.24) is 0 Å². The lowest BCUT2D eigenvalue weighted by atomic mass is 10.2. The third-order valence-corrected chi connectivity index (χ3v) is 5.63. The molecular weight excluding hydrogens is 292 g/mol. The molecule has 0 saturated carbocycles. The predicted molar refractivity (Wildman–Crippen MR) is 89.6 cm³/mol. The predicted octanol–water partition coefficient (Wildman–Crippen LogP) is 4.50. The molecule has 0 heterocycles. The van der Waals surface area contributed by atoms with Gasteiger partial charge in [-0.25, -0.2) is 0 Å². The lowest BCUT2D eigenvalue weighted by Crippen LogP contribution is -2.04. The van der Waals surface area contributed by atoms with Crippen molar-refractivity contribution in [2.24, 2.45) is 0 Å². The molecule has 0 aromatic heterocycles. The molecule has 2 N–H and O–H groups in total. The summed E-state index contributed by atoms with van der Waals surface area (Å²) in [5.74, 6) is 0.531. The van der Waals surface area contributed by atoms with Crippen LogP contribution in [0.15, 0.2) is 87.5 Å². The molecule has 0 spiro atoms. The Bertz CT molecular complexity index is 639. The van der Waals surface area contributed by atoms with Crippen LogP contribution in [0.3, 0.4) is 0 Å². The number of hydrogen-bond acceptors (Lipinski definition) is 2. The van der Waals surface area contributed by atoms with Crippen LogP contribution in [0.2, 0.25) is 0 Å². The van der Waals surface area contributed by atoms with Gasteiger partial charge >= 0.3 is 0 Å². The van der Waals surface area contributed by atoms with E-state index in [4.69, 9.17) is 0 Å². The molecule has 0 amide bonds. The van der Waals surface area contributed by atoms with Crippen molar-refractivity contribution in [3.8, 4) is 11.5 Å². The summed E-state index contributed by atoms with van der Waals surface area (Å²) in [6, 6.07) is 23.1. The summed E-state index contributed by atoms with van der Waals surface area (Å²) in [5.41, 5.74) is 1.23. The second-order valence-electron chi connectivity index (χ2n) is 5.11. The summed E-state index contributed by atoms with van der Waals surface area (Å²) in [4.78, 5) is 3.47. The molecule has 2 nitrogen and oxygen atoms in total. The minimum Gasteiger partial charge on any atom is -0.508 e. The Morgan fingerprint density at radius 3 is 1.23 bits per heavy atom. The fourth-order valence-corrected chi connectivity index (χ4v) is 4.29. The van der Waals surface area contributed by atoms with E-state index in [1.54, 1.807) is 24.3 Å². The maximum absolute atomic E-state index is 9.52. The van der Waals surface area contributed by atoms with Crippen LogP contribution in [-0.4, -0.2) is 10.2 Å². The lowest BCUT2D eigenvalue weighted by molar-refractivity contribution is 0.474. The van der Waals surface area contributed by atoms with E-state index in [-0.39, 0.29) is 22.4 Å². The van der Waals surface area contributed by atoms with Crippen molar-refractivity contribution >= 4 is 10.9 Å². The zero-order valence-electron chi connectivity index (χ0n) is 12.2. The van der Waals surface area contributed by atoms with Crippen LogP contribution in [0.5, 0.6) is 11.5 Å². The molecule has 0 aliphatic heterocycles. The number of benzene rings is 3. The average Bonchev–Trinajstić information content (AvgIpc) is 2.53. The molecule has 0 saturated heterocycles. The summed E-state index contributed by atoms with van der Waals surface area (Å²) >= 11 is 0. The van der Waals surface area contributed by atoms with Crippen molar-refractivity contribution in [3.05, 3.63) is 78.4 Å². The van der Waals surface area contributed by atoms with Gasteiger partial charge in [-0.2, -0.15) is 0 Å². The Morgan fingerprint density at radius 2 is 0.864 bits per heavy atom. The molecule has 0 aliphatic carbocycles. The van der Waals surface area contributed by atoms with Gasteiger partial charge in [-0.15, -0.1) is 0 Å². The van der Waals surface area contributed by atoms with Gasteiger partial charge in [0.2, 0.25) is 0 Å². The summed E-state index contributed by atoms with van der Waals surface area (Å²) in [7, 11) is -0.262. The summed E-state index contributed by atoms with van der Waals surface area (Å²) < 4.78 is 0. The fourth-order valence-electron chi connectivity index (χ4n) is 2.25. The normalized spacial score (nSPS) is 10.8. The Labute approximate surface area is 133 Å². The quantitative estimate of drug-likeness (QED) is 0.699. The van der Waals surface area contributed by atoms with Gasteiger partial charge in [0.1, 0.15) is 11.5 Å². The first-order valence-corrected chi connectivity index (χ1v) is 8.25. The van der Waals surface area contributed by atoms with E-state index in [2.05, 4.69) is 31.2 Å². The van der Waals surface area contributed by atoms with Gasteiger partial charge in [0.05, 0.1) is 10.9 Å². The Balaban J connectivity index is 2.10. The first-order chi connectivity index (χ1) is 10.6. The molecular formula is C19H17O2S+. The molecule has 3 aromatic rings. The fraction of sp³-hybridized carbons (Fsp3) is 0.0526. The number of rotatable bonds is 3. The third kappa shape index (κ3) is 3.10. The van der Waals surface area contributed by atoms with Crippen LogP contribution in [-0.2, 0) is 10.9 Å². The molecule has 0 bridgehead atoms. The van der Waals surface area contributed by atoms with Gasteiger partial charge in [0, 0.05) is 0 Å². The van der Waals surface area contributed by atoms with Crippen molar-refractivity contribution in [2.45, 2.75) is 21.6 Å². The standard InChI is InChI=1S/C19H16O2S/c1-14-2-8-17(9-3-14)22(18-10-4-15(20)5-11-18)19-12-6-16(21)7-13-19/h2-13H,1H3,(H-,20,21)/p+1. The zero-order chi connectivity index (χ0) is 15.5. The monoisotopic (exact) mass is 309 g/mol. The third-order valence-electron chi connectivity index (χ3n) is 3.40. The van der Waals surface area contributed by atoms with Crippen LogP contribution in [0.25, 0.3) is 0 Å². The van der Waals surface area contributed by atoms with Gasteiger partial charge < -0.3 is 10.2 Å². The molecule has 110 valence electrons. The summed E-state index contributed by atoms with van der Waals surface area (Å²) in [6.07, 6.45) is 0. The lowest BCUT2D eigenvalue weighted by Gasteiger charge is -2.08. The maximum atomic E-state index is 9.52. The molecule has 0 radical (unpaired) electrons. The van der Waals surface area contributed by atoms with Gasteiger partial charge in [0.25, 0.3) is 0 Å². The van der Waals surface area contributed by atoms with E-state index < -0.39 is 0 Å². The number of phenolic OH excluding ortho intramolecular Hbond substituents is 2. The smallest absolute Gasteiger partial charge is 0.166 e. The van der Waals surface area contributed by atoms with Crippen molar-refractivity contribution < 1.29 is 10.2 Å². The van der Waals surface area contributed by atoms with Crippen LogP contribution in [0.1, 0.15) is 5.56 Å². The van der Waals surface area contributed by atoms with Crippen molar-refractivity contribution in [3.63, 3.8) is 0 Å². The highest BCUT2D eigenvalue weighted by Gasteiger charge is 2.28. The summed E-state index contributed by atoms with van der Waals surface area (Å²) in [6.45, 7) is 2.07. The Hall–Kier alpha value is -2.39. The Kier molecular flexibility index (Phi) is 4.07. The van der Waals surface area contributed by atoms with Gasteiger partial charge in [0.15, 0.2) is 14.7 Å². The first kappa shape index (κ1) is 14.5. The highest BCUT2D eigenvalue weighted by molar-refractivity contribution is 7.97. The highest BCUT2D eigenvalue weighted by Crippen LogP contribution is 2.32. The van der Waals surface area contributed by atoms with Crippen molar-refractivity contribution in [2.75, 3.05) is 0 Å². The second kappa shape index (κ2) is 6.16. The van der Waals surface area contributed by atoms with Crippen LogP contribution >= 0.6 is 0 Å². The zero-order valence-corrected chi connectivity index (χ0v) is 13.0. The number of aromatic hydroxyl groups is 2. The van der Waals surface area contributed by atoms with E-state index in [0.717, 1.165) is 9.79 Å². The number of phenols is 2. The largest absolute Gasteiger partial charge is 0.508 e. The molecule has 0 fully saturated rings. The minimum atomic E-state index is -0.262.